The first-order chi connectivity index (χ1) is 11.1. The predicted octanol–water partition coefficient (Wildman–Crippen LogP) is 4.05. The quantitative estimate of drug-likeness (QED) is 0.684. The van der Waals surface area contributed by atoms with E-state index in [0.29, 0.717) is 5.56 Å². The van der Waals surface area contributed by atoms with Crippen LogP contribution in [0.15, 0.2) is 48.5 Å². The molecule has 4 heteroatoms. The van der Waals surface area contributed by atoms with Crippen LogP contribution in [0.25, 0.3) is 11.6 Å². The largest absolute Gasteiger partial charge is 0.478 e. The van der Waals surface area contributed by atoms with E-state index in [0.717, 1.165) is 18.7 Å². The molecule has 3 rings (SSSR count). The molecule has 0 aliphatic carbocycles. The Balaban J connectivity index is 1.87. The maximum absolute atomic E-state index is 13.0. The third kappa shape index (κ3) is 3.59. The minimum absolute atomic E-state index is 0.152. The van der Waals surface area contributed by atoms with Gasteiger partial charge in [-0.2, -0.15) is 0 Å². The summed E-state index contributed by atoms with van der Waals surface area (Å²) in [7, 11) is 0. The van der Waals surface area contributed by atoms with Crippen molar-refractivity contribution >= 4 is 23.3 Å². The molecule has 1 aliphatic rings. The van der Waals surface area contributed by atoms with Crippen molar-refractivity contribution in [3.63, 3.8) is 0 Å². The number of benzene rings is 2. The van der Waals surface area contributed by atoms with Gasteiger partial charge in [-0.15, -0.1) is 0 Å². The molecule has 0 spiro atoms. The van der Waals surface area contributed by atoms with E-state index in [1.54, 1.807) is 6.08 Å². The lowest BCUT2D eigenvalue weighted by Gasteiger charge is -2.17. The van der Waals surface area contributed by atoms with Gasteiger partial charge in [0.1, 0.15) is 5.82 Å². The first-order valence-electron chi connectivity index (χ1n) is 7.69. The number of carboxylic acid groups (broad SMARTS) is 1. The summed E-state index contributed by atoms with van der Waals surface area (Å²) in [6, 6.07) is 13.4. The fraction of sp³-hybridized carbons (Fsp3) is 0.211. The van der Waals surface area contributed by atoms with Crippen molar-refractivity contribution in [2.75, 3.05) is 18.0 Å². The van der Waals surface area contributed by atoms with Crippen LogP contribution in [0.3, 0.4) is 0 Å². The smallest absolute Gasteiger partial charge is 0.336 e. The third-order valence-electron chi connectivity index (χ3n) is 4.06. The Kier molecular flexibility index (Phi) is 4.42. The average Bonchev–Trinajstić information content (AvgIpc) is 3.08. The number of aliphatic carboxylic acids is 1. The first kappa shape index (κ1) is 15.3. The van der Waals surface area contributed by atoms with E-state index >= 15 is 0 Å². The summed E-state index contributed by atoms with van der Waals surface area (Å²) in [5.41, 5.74) is 2.62. The van der Waals surface area contributed by atoms with E-state index in [9.17, 15) is 14.3 Å². The minimum atomic E-state index is -1.03. The van der Waals surface area contributed by atoms with Crippen molar-refractivity contribution in [2.45, 2.75) is 12.8 Å². The molecule has 23 heavy (non-hydrogen) atoms. The summed E-state index contributed by atoms with van der Waals surface area (Å²) in [6.45, 7) is 2.15. The molecule has 2 aromatic carbocycles. The fourth-order valence-electron chi connectivity index (χ4n) is 2.82. The highest BCUT2D eigenvalue weighted by molar-refractivity contribution is 6.20. The minimum Gasteiger partial charge on any atom is -0.478 e. The summed E-state index contributed by atoms with van der Waals surface area (Å²) in [6.07, 6.45) is 4.05. The van der Waals surface area contributed by atoms with Crippen LogP contribution in [-0.4, -0.2) is 24.2 Å². The molecule has 0 aromatic heterocycles. The van der Waals surface area contributed by atoms with Crippen molar-refractivity contribution in [1.82, 2.24) is 0 Å². The molecule has 1 fully saturated rings. The van der Waals surface area contributed by atoms with E-state index in [2.05, 4.69) is 4.90 Å². The summed E-state index contributed by atoms with van der Waals surface area (Å²) < 4.78 is 13.0. The van der Waals surface area contributed by atoms with Crippen molar-refractivity contribution in [3.05, 3.63) is 65.5 Å². The van der Waals surface area contributed by atoms with Crippen LogP contribution in [0.5, 0.6) is 0 Å². The molecule has 0 atom stereocenters. The zero-order valence-corrected chi connectivity index (χ0v) is 12.7. The van der Waals surface area contributed by atoms with Gasteiger partial charge in [0.15, 0.2) is 0 Å². The second-order valence-electron chi connectivity index (χ2n) is 5.66. The second-order valence-corrected chi connectivity index (χ2v) is 5.66. The standard InChI is InChI=1S/C19H18FNO2/c20-16-7-5-15(6-8-16)18(19(22)23)13-14-3-9-17(10-4-14)21-11-1-2-12-21/h3-10,13H,1-2,11-12H2,(H,22,23)/b18-13-. The number of hydrogen-bond acceptors (Lipinski definition) is 2. The summed E-state index contributed by atoms with van der Waals surface area (Å²) in [4.78, 5) is 13.8. The van der Waals surface area contributed by atoms with E-state index in [1.165, 1.54) is 42.8 Å². The number of halogens is 1. The third-order valence-corrected chi connectivity index (χ3v) is 4.06. The lowest BCUT2D eigenvalue weighted by atomic mass is 10.0. The summed E-state index contributed by atoms with van der Waals surface area (Å²) >= 11 is 0. The molecule has 0 radical (unpaired) electrons. The van der Waals surface area contributed by atoms with E-state index in [-0.39, 0.29) is 11.4 Å². The molecule has 118 valence electrons. The maximum atomic E-state index is 13.0. The highest BCUT2D eigenvalue weighted by Crippen LogP contribution is 2.23. The maximum Gasteiger partial charge on any atom is 0.336 e. The zero-order chi connectivity index (χ0) is 16.2. The van der Waals surface area contributed by atoms with Gasteiger partial charge in [0.25, 0.3) is 0 Å². The van der Waals surface area contributed by atoms with Gasteiger partial charge in [-0.3, -0.25) is 0 Å². The SMILES string of the molecule is O=C(O)/C(=C\c1ccc(N2CCCC2)cc1)c1ccc(F)cc1. The molecule has 1 aliphatic heterocycles. The molecule has 0 saturated carbocycles. The van der Waals surface area contributed by atoms with Gasteiger partial charge >= 0.3 is 5.97 Å². The highest BCUT2D eigenvalue weighted by Gasteiger charge is 2.13. The topological polar surface area (TPSA) is 40.5 Å². The van der Waals surface area contributed by atoms with Crippen LogP contribution in [0.1, 0.15) is 24.0 Å². The molecule has 0 unspecified atom stereocenters. The summed E-state index contributed by atoms with van der Waals surface area (Å²) in [5, 5.41) is 9.41. The predicted molar refractivity (Wildman–Crippen MR) is 89.8 cm³/mol. The van der Waals surface area contributed by atoms with Crippen molar-refractivity contribution in [2.24, 2.45) is 0 Å². The van der Waals surface area contributed by atoms with Gasteiger partial charge < -0.3 is 10.0 Å². The van der Waals surface area contributed by atoms with Gasteiger partial charge in [-0.05, 0) is 54.3 Å². The van der Waals surface area contributed by atoms with Gasteiger partial charge in [0, 0.05) is 18.8 Å². The van der Waals surface area contributed by atoms with E-state index in [1.807, 2.05) is 24.3 Å². The van der Waals surface area contributed by atoms with Crippen LogP contribution < -0.4 is 4.90 Å². The number of nitrogens with zero attached hydrogens (tertiary/aromatic N) is 1. The Morgan fingerprint density at radius 1 is 1.00 bits per heavy atom. The van der Waals surface area contributed by atoms with Crippen LogP contribution >= 0.6 is 0 Å². The molecule has 0 bridgehead atoms. The van der Waals surface area contributed by atoms with Crippen LogP contribution in [-0.2, 0) is 4.79 Å². The zero-order valence-electron chi connectivity index (χ0n) is 12.7. The number of rotatable bonds is 4. The fourth-order valence-corrected chi connectivity index (χ4v) is 2.82. The molecule has 2 aromatic rings. The molecule has 1 N–H and O–H groups in total. The van der Waals surface area contributed by atoms with Crippen molar-refractivity contribution in [3.8, 4) is 0 Å². The Bertz CT molecular complexity index is 714. The molecular formula is C19H18FNO2. The van der Waals surface area contributed by atoms with Crippen molar-refractivity contribution in [1.29, 1.82) is 0 Å². The normalized spacial score (nSPS) is 15.0. The number of carbonyl (C=O) groups is 1. The lowest BCUT2D eigenvalue weighted by molar-refractivity contribution is -0.130. The van der Waals surface area contributed by atoms with Gasteiger partial charge in [0.05, 0.1) is 5.57 Å². The summed E-state index contributed by atoms with van der Waals surface area (Å²) in [5.74, 6) is -1.41. The van der Waals surface area contributed by atoms with Crippen LogP contribution in [0.2, 0.25) is 0 Å². The van der Waals surface area contributed by atoms with Gasteiger partial charge in [0.2, 0.25) is 0 Å². The molecule has 1 saturated heterocycles. The Labute approximate surface area is 134 Å². The molecule has 3 nitrogen and oxygen atoms in total. The van der Waals surface area contributed by atoms with E-state index in [4.69, 9.17) is 0 Å². The first-order valence-corrected chi connectivity index (χ1v) is 7.69. The van der Waals surface area contributed by atoms with E-state index < -0.39 is 5.97 Å². The highest BCUT2D eigenvalue weighted by atomic mass is 19.1. The molecule has 0 amide bonds. The lowest BCUT2D eigenvalue weighted by Crippen LogP contribution is -2.17. The number of hydrogen-bond donors (Lipinski definition) is 1. The van der Waals surface area contributed by atoms with Gasteiger partial charge in [-0.25, -0.2) is 9.18 Å². The number of anilines is 1. The van der Waals surface area contributed by atoms with Gasteiger partial charge in [-0.1, -0.05) is 24.3 Å². The molecular weight excluding hydrogens is 293 g/mol. The average molecular weight is 311 g/mol. The molecule has 1 heterocycles. The second kappa shape index (κ2) is 6.65. The number of carboxylic acids is 1. The Hall–Kier alpha value is -2.62. The Morgan fingerprint density at radius 2 is 1.61 bits per heavy atom. The van der Waals surface area contributed by atoms with Crippen molar-refractivity contribution < 1.29 is 14.3 Å². The Morgan fingerprint density at radius 3 is 2.17 bits per heavy atom. The van der Waals surface area contributed by atoms with Crippen LogP contribution in [0.4, 0.5) is 10.1 Å². The monoisotopic (exact) mass is 311 g/mol. The van der Waals surface area contributed by atoms with Crippen LogP contribution in [0, 0.1) is 5.82 Å².